The third-order valence-electron chi connectivity index (χ3n) is 5.89. The van der Waals surface area contributed by atoms with E-state index in [4.69, 9.17) is 9.47 Å². The second-order valence-corrected chi connectivity index (χ2v) is 8.46. The number of ether oxygens (including phenoxy) is 2. The van der Waals surface area contributed by atoms with Gasteiger partial charge in [0.15, 0.2) is 5.78 Å². The topological polar surface area (TPSA) is 146 Å². The van der Waals surface area contributed by atoms with Crippen LogP contribution in [0.2, 0.25) is 0 Å². The molecule has 0 spiro atoms. The van der Waals surface area contributed by atoms with Crippen molar-refractivity contribution < 1.29 is 34.1 Å². The minimum absolute atomic E-state index is 0.0294. The molecule has 10 heteroatoms. The molecule has 3 rings (SSSR count). The van der Waals surface area contributed by atoms with Crippen molar-refractivity contribution in [2.75, 3.05) is 32.8 Å². The van der Waals surface area contributed by atoms with Crippen molar-refractivity contribution >= 4 is 17.7 Å². The molecule has 0 aromatic heterocycles. The first-order chi connectivity index (χ1) is 15.9. The van der Waals surface area contributed by atoms with Gasteiger partial charge in [0.25, 0.3) is 0 Å². The van der Waals surface area contributed by atoms with E-state index in [1.807, 2.05) is 0 Å². The quantitative estimate of drug-likeness (QED) is 0.286. The summed E-state index contributed by atoms with van der Waals surface area (Å²) in [5, 5.41) is 28.2. The summed E-state index contributed by atoms with van der Waals surface area (Å²) in [6.07, 6.45) is 0.829. The van der Waals surface area contributed by atoms with E-state index in [-0.39, 0.29) is 31.0 Å². The molecule has 2 aliphatic rings. The molecule has 0 saturated carbocycles. The fourth-order valence-electron chi connectivity index (χ4n) is 4.04. The maximum absolute atomic E-state index is 13.2. The van der Waals surface area contributed by atoms with Crippen LogP contribution in [0.15, 0.2) is 24.3 Å². The molecule has 0 aliphatic carbocycles. The first kappa shape index (κ1) is 25.1. The summed E-state index contributed by atoms with van der Waals surface area (Å²) in [7, 11) is 0. The SMILES string of the molecule is O=C(COC1CCNCC1)NC(Cc1ccc(O)cc1)C(=O)[C@H](OC1CCNCC1)C(=O)O. The van der Waals surface area contributed by atoms with Gasteiger partial charge in [0.1, 0.15) is 12.4 Å². The number of amides is 1. The molecule has 33 heavy (non-hydrogen) atoms. The number of aromatic hydroxyl groups is 1. The van der Waals surface area contributed by atoms with E-state index in [1.54, 1.807) is 12.1 Å². The maximum atomic E-state index is 13.2. The minimum atomic E-state index is -1.68. The lowest BCUT2D eigenvalue weighted by Crippen LogP contribution is -2.52. The summed E-state index contributed by atoms with van der Waals surface area (Å²) in [4.78, 5) is 37.7. The van der Waals surface area contributed by atoms with Crippen molar-refractivity contribution in [3.05, 3.63) is 29.8 Å². The van der Waals surface area contributed by atoms with E-state index in [9.17, 15) is 24.6 Å². The van der Waals surface area contributed by atoms with Gasteiger partial charge >= 0.3 is 5.97 Å². The van der Waals surface area contributed by atoms with Gasteiger partial charge in [-0.3, -0.25) is 9.59 Å². The summed E-state index contributed by atoms with van der Waals surface area (Å²) in [6, 6.07) is 5.08. The van der Waals surface area contributed by atoms with Gasteiger partial charge < -0.3 is 35.6 Å². The van der Waals surface area contributed by atoms with Gasteiger partial charge in [-0.1, -0.05) is 12.1 Å². The van der Waals surface area contributed by atoms with Gasteiger partial charge in [-0.25, -0.2) is 4.79 Å². The predicted octanol–water partition coefficient (Wildman–Crippen LogP) is -0.0210. The van der Waals surface area contributed by atoms with E-state index in [1.165, 1.54) is 12.1 Å². The number of benzene rings is 1. The predicted molar refractivity (Wildman–Crippen MR) is 119 cm³/mol. The number of carboxylic acid groups (broad SMARTS) is 1. The molecular formula is C23H33N3O7. The molecule has 1 aromatic carbocycles. The molecule has 10 nitrogen and oxygen atoms in total. The highest BCUT2D eigenvalue weighted by Crippen LogP contribution is 2.16. The van der Waals surface area contributed by atoms with Crippen LogP contribution in [-0.4, -0.2) is 85.0 Å². The van der Waals surface area contributed by atoms with Gasteiger partial charge in [-0.05, 0) is 76.0 Å². The van der Waals surface area contributed by atoms with Crippen molar-refractivity contribution in [2.24, 2.45) is 0 Å². The molecule has 1 amide bonds. The molecule has 2 saturated heterocycles. The van der Waals surface area contributed by atoms with Gasteiger partial charge in [0.05, 0.1) is 18.2 Å². The number of aliphatic carboxylic acids is 1. The highest BCUT2D eigenvalue weighted by atomic mass is 16.5. The standard InChI is InChI=1S/C23H33N3O7/c27-16-3-1-15(2-4-16)13-19(26-20(28)14-32-17-5-9-24-10-6-17)21(29)22(23(30)31)33-18-7-11-25-12-8-18/h1-4,17-19,22,24-25,27H,5-14H2,(H,26,28)(H,30,31)/t19?,22-/m0/s1. The first-order valence-corrected chi connectivity index (χ1v) is 11.4. The maximum Gasteiger partial charge on any atom is 0.340 e. The number of nitrogens with one attached hydrogen (secondary N) is 3. The second kappa shape index (κ2) is 12.6. The molecule has 5 N–H and O–H groups in total. The Bertz CT molecular complexity index is 790. The number of carbonyl (C=O) groups excluding carboxylic acids is 2. The van der Waals surface area contributed by atoms with Crippen LogP contribution in [-0.2, 0) is 30.3 Å². The number of rotatable bonds is 11. The van der Waals surface area contributed by atoms with Gasteiger partial charge in [0.2, 0.25) is 12.0 Å². The van der Waals surface area contributed by atoms with Crippen LogP contribution in [0.25, 0.3) is 0 Å². The molecule has 0 bridgehead atoms. The van der Waals surface area contributed by atoms with Crippen LogP contribution in [0.5, 0.6) is 5.75 Å². The van der Waals surface area contributed by atoms with Crippen LogP contribution >= 0.6 is 0 Å². The fourth-order valence-corrected chi connectivity index (χ4v) is 4.04. The van der Waals surface area contributed by atoms with Crippen LogP contribution in [0, 0.1) is 0 Å². The van der Waals surface area contributed by atoms with Crippen molar-refractivity contribution in [3.8, 4) is 5.75 Å². The van der Waals surface area contributed by atoms with Crippen molar-refractivity contribution in [1.29, 1.82) is 0 Å². The molecule has 182 valence electrons. The highest BCUT2D eigenvalue weighted by molar-refractivity contribution is 6.05. The first-order valence-electron chi connectivity index (χ1n) is 11.4. The van der Waals surface area contributed by atoms with Crippen molar-refractivity contribution in [2.45, 2.75) is 56.5 Å². The monoisotopic (exact) mass is 463 g/mol. The summed E-state index contributed by atoms with van der Waals surface area (Å²) < 4.78 is 11.3. The molecule has 1 aromatic rings. The molecule has 2 fully saturated rings. The molecule has 1 unspecified atom stereocenters. The molecule has 2 atom stereocenters. The van der Waals surface area contributed by atoms with Crippen LogP contribution < -0.4 is 16.0 Å². The largest absolute Gasteiger partial charge is 0.508 e. The molecule has 2 heterocycles. The smallest absolute Gasteiger partial charge is 0.340 e. The lowest BCUT2D eigenvalue weighted by molar-refractivity contribution is -0.163. The fraction of sp³-hybridized carbons (Fsp3) is 0.609. The van der Waals surface area contributed by atoms with E-state index < -0.39 is 29.8 Å². The Labute approximate surface area is 193 Å². The third kappa shape index (κ3) is 8.08. The number of hydrogen-bond donors (Lipinski definition) is 5. The average Bonchev–Trinajstić information content (AvgIpc) is 2.83. The zero-order chi connectivity index (χ0) is 23.6. The number of phenolic OH excluding ortho intramolecular Hbond substituents is 1. The summed E-state index contributed by atoms with van der Waals surface area (Å²) in [6.45, 7) is 2.81. The zero-order valence-corrected chi connectivity index (χ0v) is 18.6. The number of ketones is 1. The van der Waals surface area contributed by atoms with Crippen molar-refractivity contribution in [1.82, 2.24) is 16.0 Å². The molecular weight excluding hydrogens is 430 g/mol. The zero-order valence-electron chi connectivity index (χ0n) is 18.6. The Morgan fingerprint density at radius 2 is 1.55 bits per heavy atom. The minimum Gasteiger partial charge on any atom is -0.508 e. The number of carboxylic acids is 1. The van der Waals surface area contributed by atoms with Gasteiger partial charge in [0, 0.05) is 0 Å². The lowest BCUT2D eigenvalue weighted by Gasteiger charge is -2.28. The van der Waals surface area contributed by atoms with Crippen molar-refractivity contribution in [3.63, 3.8) is 0 Å². The number of Topliss-reactive ketones (excluding diaryl/α,β-unsaturated/α-hetero) is 1. The second-order valence-electron chi connectivity index (χ2n) is 8.46. The summed E-state index contributed by atoms with van der Waals surface area (Å²) >= 11 is 0. The number of phenols is 1. The van der Waals surface area contributed by atoms with Gasteiger partial charge in [-0.2, -0.15) is 0 Å². The van der Waals surface area contributed by atoms with Crippen LogP contribution in [0.1, 0.15) is 31.2 Å². The van der Waals surface area contributed by atoms with Crippen LogP contribution in [0.4, 0.5) is 0 Å². The Morgan fingerprint density at radius 1 is 0.970 bits per heavy atom. The Kier molecular flexibility index (Phi) is 9.61. The average molecular weight is 464 g/mol. The Hall–Kier alpha value is -2.53. The number of piperidine rings is 2. The lowest BCUT2D eigenvalue weighted by atomic mass is 9.98. The normalized spacial score (nSPS) is 19.5. The van der Waals surface area contributed by atoms with E-state index in [2.05, 4.69) is 16.0 Å². The van der Waals surface area contributed by atoms with E-state index >= 15 is 0 Å². The Balaban J connectivity index is 1.67. The van der Waals surface area contributed by atoms with E-state index in [0.717, 1.165) is 25.9 Å². The summed E-state index contributed by atoms with van der Waals surface area (Å²) in [5.74, 6) is -2.52. The molecule has 0 radical (unpaired) electrons. The van der Waals surface area contributed by atoms with Crippen LogP contribution in [0.3, 0.4) is 0 Å². The third-order valence-corrected chi connectivity index (χ3v) is 5.89. The highest BCUT2D eigenvalue weighted by Gasteiger charge is 2.36. The molecule has 2 aliphatic heterocycles. The van der Waals surface area contributed by atoms with E-state index in [0.29, 0.717) is 31.5 Å². The van der Waals surface area contributed by atoms with Gasteiger partial charge in [-0.15, -0.1) is 0 Å². The number of hydrogen-bond acceptors (Lipinski definition) is 8. The Morgan fingerprint density at radius 3 is 2.12 bits per heavy atom. The number of carbonyl (C=O) groups is 3. The summed E-state index contributed by atoms with van der Waals surface area (Å²) in [5.41, 5.74) is 0.664.